The Labute approximate surface area is 168 Å². The molecule has 0 saturated heterocycles. The van der Waals surface area contributed by atoms with Crippen LogP contribution in [0.1, 0.15) is 11.1 Å². The number of amides is 1. The van der Waals surface area contributed by atoms with Crippen molar-refractivity contribution in [3.8, 4) is 17.4 Å². The van der Waals surface area contributed by atoms with Crippen molar-refractivity contribution in [2.45, 2.75) is 13.1 Å². The molecule has 0 atom stereocenters. The van der Waals surface area contributed by atoms with Crippen LogP contribution in [-0.4, -0.2) is 17.5 Å². The van der Waals surface area contributed by atoms with Gasteiger partial charge in [-0.3, -0.25) is 10.1 Å². The molecule has 154 valence electrons. The number of rotatable bonds is 5. The third-order valence-corrected chi connectivity index (χ3v) is 4.17. The summed E-state index contributed by atoms with van der Waals surface area (Å²) in [6.45, 7) is 1.55. The summed E-state index contributed by atoms with van der Waals surface area (Å²) in [6, 6.07) is 12.8. The lowest BCUT2D eigenvalue weighted by Crippen LogP contribution is -2.19. The van der Waals surface area contributed by atoms with Gasteiger partial charge in [0.15, 0.2) is 18.0 Å². The number of furan rings is 1. The van der Waals surface area contributed by atoms with Crippen LogP contribution in [0.2, 0.25) is 0 Å². The van der Waals surface area contributed by atoms with Gasteiger partial charge in [0.2, 0.25) is 5.88 Å². The molecule has 1 amide bonds. The molecule has 0 aliphatic heterocycles. The first-order valence-electron chi connectivity index (χ1n) is 8.85. The van der Waals surface area contributed by atoms with E-state index in [4.69, 9.17) is 13.6 Å². The van der Waals surface area contributed by atoms with Gasteiger partial charge in [0.05, 0.1) is 5.56 Å². The molecule has 9 heteroatoms. The predicted octanol–water partition coefficient (Wildman–Crippen LogP) is 5.43. The lowest BCUT2D eigenvalue weighted by atomic mass is 10.2. The lowest BCUT2D eigenvalue weighted by molar-refractivity contribution is -0.137. The highest BCUT2D eigenvalue weighted by Gasteiger charge is 2.30. The molecular weight excluding hydrogens is 401 g/mol. The molecule has 2 aromatic carbocycles. The molecule has 2 heterocycles. The Hall–Kier alpha value is -3.75. The zero-order valence-corrected chi connectivity index (χ0v) is 15.6. The predicted molar refractivity (Wildman–Crippen MR) is 102 cm³/mol. The fourth-order valence-electron chi connectivity index (χ4n) is 2.73. The molecule has 0 aliphatic carbocycles. The number of aromatic nitrogens is 1. The lowest BCUT2D eigenvalue weighted by Gasteiger charge is -2.09. The number of hydrogen-bond acceptors (Lipinski definition) is 5. The smallest absolute Gasteiger partial charge is 0.416 e. The number of ether oxygens (including phenoxy) is 1. The molecular formula is C21H15F3N2O4. The van der Waals surface area contributed by atoms with E-state index >= 15 is 0 Å². The molecule has 6 nitrogen and oxygen atoms in total. The van der Waals surface area contributed by atoms with E-state index in [9.17, 15) is 18.0 Å². The van der Waals surface area contributed by atoms with Crippen molar-refractivity contribution in [2.24, 2.45) is 0 Å². The third-order valence-electron chi connectivity index (χ3n) is 4.17. The summed E-state index contributed by atoms with van der Waals surface area (Å²) in [6.07, 6.45) is -4.43. The van der Waals surface area contributed by atoms with Crippen LogP contribution < -0.4 is 10.1 Å². The Morgan fingerprint density at radius 2 is 1.83 bits per heavy atom. The van der Waals surface area contributed by atoms with Crippen molar-refractivity contribution in [3.05, 3.63) is 65.7 Å². The third kappa shape index (κ3) is 4.29. The summed E-state index contributed by atoms with van der Waals surface area (Å²) >= 11 is 0. The highest BCUT2D eigenvalue weighted by molar-refractivity contribution is 5.90. The van der Waals surface area contributed by atoms with Gasteiger partial charge in [-0.25, -0.2) is 4.98 Å². The quantitative estimate of drug-likeness (QED) is 0.469. The van der Waals surface area contributed by atoms with E-state index in [0.717, 1.165) is 29.8 Å². The van der Waals surface area contributed by atoms with Crippen LogP contribution in [0, 0.1) is 6.92 Å². The van der Waals surface area contributed by atoms with E-state index in [1.54, 1.807) is 6.07 Å². The Balaban J connectivity index is 1.36. The molecule has 30 heavy (non-hydrogen) atoms. The topological polar surface area (TPSA) is 77.5 Å². The first-order valence-corrected chi connectivity index (χ1v) is 8.85. The van der Waals surface area contributed by atoms with E-state index in [-0.39, 0.29) is 17.5 Å². The number of nitrogens with one attached hydrogen (secondary N) is 1. The molecule has 1 N–H and O–H groups in total. The molecule has 0 bridgehead atoms. The summed E-state index contributed by atoms with van der Waals surface area (Å²) in [4.78, 5) is 16.4. The second kappa shape index (κ2) is 7.58. The Bertz CT molecular complexity index is 1190. The van der Waals surface area contributed by atoms with Gasteiger partial charge in [-0.1, -0.05) is 6.07 Å². The van der Waals surface area contributed by atoms with Gasteiger partial charge in [0.1, 0.15) is 11.3 Å². The van der Waals surface area contributed by atoms with Crippen molar-refractivity contribution < 1.29 is 31.5 Å². The van der Waals surface area contributed by atoms with Gasteiger partial charge >= 0.3 is 6.18 Å². The van der Waals surface area contributed by atoms with Gasteiger partial charge in [0.25, 0.3) is 11.8 Å². The standard InChI is InChI=1S/C21H15F3N2O4/c1-12-2-7-16-15(10-12)25-20(30-16)17-8-9-19(29-17)26-18(27)11-28-14-5-3-13(4-6-14)21(22,23)24/h2-10H,11H2,1H3,(H,26,27). The first-order chi connectivity index (χ1) is 14.3. The molecule has 0 unspecified atom stereocenters. The second-order valence-electron chi connectivity index (χ2n) is 6.51. The number of fused-ring (bicyclic) bond motifs is 1. The van der Waals surface area contributed by atoms with Crippen LogP contribution in [0.3, 0.4) is 0 Å². The average Bonchev–Trinajstić information content (AvgIpc) is 3.32. The number of nitrogens with zero attached hydrogens (tertiary/aromatic N) is 1. The number of carbonyl (C=O) groups is 1. The fraction of sp³-hybridized carbons (Fsp3) is 0.143. The van der Waals surface area contributed by atoms with Crippen molar-refractivity contribution in [1.82, 2.24) is 4.98 Å². The van der Waals surface area contributed by atoms with E-state index in [0.29, 0.717) is 16.9 Å². The Morgan fingerprint density at radius 1 is 1.07 bits per heavy atom. The molecule has 4 rings (SSSR count). The highest BCUT2D eigenvalue weighted by atomic mass is 19.4. The molecule has 0 spiro atoms. The maximum atomic E-state index is 12.6. The van der Waals surface area contributed by atoms with E-state index in [1.165, 1.54) is 6.07 Å². The number of alkyl halides is 3. The molecule has 2 aromatic heterocycles. The van der Waals surface area contributed by atoms with E-state index in [1.807, 2.05) is 25.1 Å². The fourth-order valence-corrected chi connectivity index (χ4v) is 2.73. The number of anilines is 1. The summed E-state index contributed by atoms with van der Waals surface area (Å²) in [7, 11) is 0. The van der Waals surface area contributed by atoms with Crippen LogP contribution in [0.15, 0.2) is 63.4 Å². The minimum atomic E-state index is -4.43. The highest BCUT2D eigenvalue weighted by Crippen LogP contribution is 2.30. The number of oxazole rings is 1. The van der Waals surface area contributed by atoms with E-state index < -0.39 is 24.3 Å². The largest absolute Gasteiger partial charge is 0.484 e. The Kier molecular flexibility index (Phi) is 4.94. The number of carbonyl (C=O) groups excluding carboxylic acids is 1. The number of benzene rings is 2. The van der Waals surface area contributed by atoms with Crippen LogP contribution in [0.4, 0.5) is 19.1 Å². The maximum absolute atomic E-state index is 12.6. The first kappa shape index (κ1) is 19.6. The SMILES string of the molecule is Cc1ccc2oc(-c3ccc(NC(=O)COc4ccc(C(F)(F)F)cc4)o3)nc2c1. The maximum Gasteiger partial charge on any atom is 0.416 e. The number of halogens is 3. The summed E-state index contributed by atoms with van der Waals surface area (Å²) in [5, 5.41) is 2.50. The Morgan fingerprint density at radius 3 is 2.57 bits per heavy atom. The minimum absolute atomic E-state index is 0.139. The molecule has 4 aromatic rings. The van der Waals surface area contributed by atoms with Gasteiger partial charge in [-0.15, -0.1) is 0 Å². The minimum Gasteiger partial charge on any atom is -0.484 e. The molecule has 0 saturated carbocycles. The average molecular weight is 416 g/mol. The normalized spacial score (nSPS) is 11.6. The van der Waals surface area contributed by atoms with Crippen LogP contribution in [-0.2, 0) is 11.0 Å². The van der Waals surface area contributed by atoms with Crippen molar-refractivity contribution in [1.29, 1.82) is 0 Å². The zero-order chi connectivity index (χ0) is 21.3. The van der Waals surface area contributed by atoms with Crippen LogP contribution in [0.25, 0.3) is 22.8 Å². The summed E-state index contributed by atoms with van der Waals surface area (Å²) < 4.78 is 54.0. The van der Waals surface area contributed by atoms with Gasteiger partial charge in [-0.2, -0.15) is 13.2 Å². The van der Waals surface area contributed by atoms with Crippen LogP contribution in [0.5, 0.6) is 5.75 Å². The molecule has 0 aliphatic rings. The summed E-state index contributed by atoms with van der Waals surface area (Å²) in [5.74, 6) is 0.369. The molecule has 0 radical (unpaired) electrons. The second-order valence-corrected chi connectivity index (χ2v) is 6.51. The van der Waals surface area contributed by atoms with Crippen molar-refractivity contribution in [3.63, 3.8) is 0 Å². The van der Waals surface area contributed by atoms with Gasteiger partial charge in [-0.05, 0) is 55.0 Å². The zero-order valence-electron chi connectivity index (χ0n) is 15.6. The summed E-state index contributed by atoms with van der Waals surface area (Å²) in [5.41, 5.74) is 1.55. The van der Waals surface area contributed by atoms with Gasteiger partial charge < -0.3 is 13.6 Å². The van der Waals surface area contributed by atoms with Crippen molar-refractivity contribution in [2.75, 3.05) is 11.9 Å². The number of hydrogen-bond donors (Lipinski definition) is 1. The van der Waals surface area contributed by atoms with E-state index in [2.05, 4.69) is 10.3 Å². The van der Waals surface area contributed by atoms with Crippen molar-refractivity contribution >= 4 is 22.9 Å². The van der Waals surface area contributed by atoms with Gasteiger partial charge in [0, 0.05) is 6.07 Å². The monoisotopic (exact) mass is 416 g/mol. The number of aryl methyl sites for hydroxylation is 1. The molecule has 0 fully saturated rings. The van der Waals surface area contributed by atoms with Crippen LogP contribution >= 0.6 is 0 Å².